The molecule has 0 saturated carbocycles. The molecule has 0 spiro atoms. The minimum absolute atomic E-state index is 0.127. The van der Waals surface area contributed by atoms with Gasteiger partial charge in [0.25, 0.3) is 5.91 Å². The number of nitrogens with two attached hydrogens (primary N) is 1. The largest absolute Gasteiger partial charge is 0.323 e. The molecule has 1 amide bonds. The third kappa shape index (κ3) is 2.89. The second kappa shape index (κ2) is 5.62. The van der Waals surface area contributed by atoms with Crippen molar-refractivity contribution < 1.29 is 13.6 Å². The summed E-state index contributed by atoms with van der Waals surface area (Å²) in [7, 11) is 0. The Balaban J connectivity index is 2.30. The maximum atomic E-state index is 13.5. The molecule has 0 unspecified atom stereocenters. The Kier molecular flexibility index (Phi) is 3.90. The highest BCUT2D eigenvalue weighted by atomic mass is 19.1. The van der Waals surface area contributed by atoms with Gasteiger partial charge in [0, 0.05) is 18.0 Å². The Morgan fingerprint density at radius 2 is 2.00 bits per heavy atom. The Hall–Kier alpha value is -2.54. The molecule has 0 radical (unpaired) electrons. The summed E-state index contributed by atoms with van der Waals surface area (Å²) in [6.45, 7) is 1.73. The van der Waals surface area contributed by atoms with Gasteiger partial charge in [-0.05, 0) is 25.1 Å². The zero-order chi connectivity index (χ0) is 14.7. The summed E-state index contributed by atoms with van der Waals surface area (Å²) >= 11 is 0. The number of hydrogen-bond acceptors (Lipinski definition) is 4. The number of amides is 1. The fourth-order valence-corrected chi connectivity index (χ4v) is 1.64. The average molecular weight is 278 g/mol. The monoisotopic (exact) mass is 278 g/mol. The van der Waals surface area contributed by atoms with Crippen LogP contribution in [0.25, 0.3) is 0 Å². The van der Waals surface area contributed by atoms with E-state index in [1.54, 1.807) is 13.0 Å². The van der Waals surface area contributed by atoms with Crippen LogP contribution in [0.5, 0.6) is 0 Å². The first-order valence-corrected chi connectivity index (χ1v) is 5.71. The summed E-state index contributed by atoms with van der Waals surface area (Å²) in [6.07, 6.45) is 1.30. The highest BCUT2D eigenvalue weighted by Crippen LogP contribution is 2.19. The second-order valence-electron chi connectivity index (χ2n) is 4.09. The van der Waals surface area contributed by atoms with Crippen molar-refractivity contribution in [3.63, 3.8) is 0 Å². The number of carbonyl (C=O) groups excluding carboxylic acids is 1. The molecule has 1 heterocycles. The van der Waals surface area contributed by atoms with Crippen LogP contribution >= 0.6 is 0 Å². The van der Waals surface area contributed by atoms with E-state index in [1.807, 2.05) is 0 Å². The van der Waals surface area contributed by atoms with Crippen molar-refractivity contribution >= 4 is 17.3 Å². The molecule has 0 saturated heterocycles. The quantitative estimate of drug-likeness (QED) is 0.594. The van der Waals surface area contributed by atoms with Crippen LogP contribution in [-0.2, 0) is 0 Å². The number of halogens is 2. The zero-order valence-corrected chi connectivity index (χ0v) is 10.6. The Labute approximate surface area is 113 Å². The van der Waals surface area contributed by atoms with E-state index in [0.29, 0.717) is 11.4 Å². The van der Waals surface area contributed by atoms with Crippen molar-refractivity contribution in [3.8, 4) is 0 Å². The minimum Gasteiger partial charge on any atom is -0.323 e. The molecule has 0 bridgehead atoms. The standard InChI is InChI=1S/C13H12F2N4O/c1-7-4-11(19-16)9(6-17-7)13(20)18-12-5-8(14)2-3-10(12)15/h2-6H,16H2,1H3,(H,17,19)(H,18,20). The number of benzene rings is 1. The molecule has 0 aliphatic rings. The number of nitrogens with one attached hydrogen (secondary N) is 2. The van der Waals surface area contributed by atoms with Gasteiger partial charge in [-0.1, -0.05) is 0 Å². The molecule has 20 heavy (non-hydrogen) atoms. The van der Waals surface area contributed by atoms with E-state index >= 15 is 0 Å². The number of hydrogen-bond donors (Lipinski definition) is 3. The third-order valence-corrected chi connectivity index (χ3v) is 2.62. The molecular formula is C13H12F2N4O. The van der Waals surface area contributed by atoms with Crippen LogP contribution in [0, 0.1) is 18.6 Å². The van der Waals surface area contributed by atoms with Crippen LogP contribution in [0.1, 0.15) is 16.1 Å². The summed E-state index contributed by atoms with van der Waals surface area (Å²) in [5.41, 5.74) is 3.23. The number of pyridine rings is 1. The lowest BCUT2D eigenvalue weighted by Crippen LogP contribution is -2.18. The van der Waals surface area contributed by atoms with Crippen molar-refractivity contribution in [2.75, 3.05) is 10.7 Å². The van der Waals surface area contributed by atoms with Crippen molar-refractivity contribution in [2.24, 2.45) is 5.84 Å². The van der Waals surface area contributed by atoms with E-state index in [2.05, 4.69) is 15.7 Å². The highest BCUT2D eigenvalue weighted by Gasteiger charge is 2.14. The first-order chi connectivity index (χ1) is 9.51. The van der Waals surface area contributed by atoms with Crippen molar-refractivity contribution in [3.05, 3.63) is 53.4 Å². The molecule has 0 aliphatic carbocycles. The summed E-state index contributed by atoms with van der Waals surface area (Å²) in [6, 6.07) is 4.35. The van der Waals surface area contributed by atoms with Crippen molar-refractivity contribution in [2.45, 2.75) is 6.92 Å². The van der Waals surface area contributed by atoms with E-state index in [9.17, 15) is 13.6 Å². The van der Waals surface area contributed by atoms with Gasteiger partial charge in [0.15, 0.2) is 0 Å². The van der Waals surface area contributed by atoms with Gasteiger partial charge >= 0.3 is 0 Å². The summed E-state index contributed by atoms with van der Waals surface area (Å²) in [5.74, 6) is 3.28. The van der Waals surface area contributed by atoms with E-state index in [1.165, 1.54) is 6.20 Å². The maximum absolute atomic E-state index is 13.5. The topological polar surface area (TPSA) is 80.0 Å². The molecule has 0 atom stereocenters. The summed E-state index contributed by atoms with van der Waals surface area (Å²) < 4.78 is 26.5. The second-order valence-corrected chi connectivity index (χ2v) is 4.09. The molecule has 0 fully saturated rings. The summed E-state index contributed by atoms with van der Waals surface area (Å²) in [4.78, 5) is 16.0. The number of hydrazine groups is 1. The average Bonchev–Trinajstić information content (AvgIpc) is 2.42. The van der Waals surface area contributed by atoms with Gasteiger partial charge in [-0.15, -0.1) is 0 Å². The fourth-order valence-electron chi connectivity index (χ4n) is 1.64. The lowest BCUT2D eigenvalue weighted by molar-refractivity contribution is 0.102. The van der Waals surface area contributed by atoms with Crippen LogP contribution in [0.2, 0.25) is 0 Å². The molecule has 2 aromatic rings. The lowest BCUT2D eigenvalue weighted by Gasteiger charge is -2.10. The maximum Gasteiger partial charge on any atom is 0.259 e. The Bertz CT molecular complexity index is 661. The normalized spacial score (nSPS) is 10.2. The molecule has 1 aromatic heterocycles. The van der Waals surface area contributed by atoms with Gasteiger partial charge < -0.3 is 10.7 Å². The smallest absolute Gasteiger partial charge is 0.259 e. The molecular weight excluding hydrogens is 266 g/mol. The van der Waals surface area contributed by atoms with Crippen molar-refractivity contribution in [1.29, 1.82) is 0 Å². The number of nitrogens with zero attached hydrogens (tertiary/aromatic N) is 1. The Morgan fingerprint density at radius 1 is 1.25 bits per heavy atom. The molecule has 7 heteroatoms. The minimum atomic E-state index is -0.734. The van der Waals surface area contributed by atoms with Crippen LogP contribution in [-0.4, -0.2) is 10.9 Å². The first kappa shape index (κ1) is 13.9. The van der Waals surface area contributed by atoms with E-state index in [-0.39, 0.29) is 11.3 Å². The van der Waals surface area contributed by atoms with Gasteiger partial charge in [0.1, 0.15) is 11.6 Å². The number of carbonyl (C=O) groups is 1. The summed E-state index contributed by atoms with van der Waals surface area (Å²) in [5, 5.41) is 2.27. The van der Waals surface area contributed by atoms with Crippen LogP contribution in [0.15, 0.2) is 30.5 Å². The van der Waals surface area contributed by atoms with E-state index < -0.39 is 17.5 Å². The first-order valence-electron chi connectivity index (χ1n) is 5.71. The SMILES string of the molecule is Cc1cc(NN)c(C(=O)Nc2cc(F)ccc2F)cn1. The van der Waals surface area contributed by atoms with E-state index in [4.69, 9.17) is 5.84 Å². The predicted octanol–water partition coefficient (Wildman–Crippen LogP) is 2.21. The lowest BCUT2D eigenvalue weighted by atomic mass is 10.2. The number of nitrogen functional groups attached to an aromatic ring is 1. The van der Waals surface area contributed by atoms with Crippen LogP contribution < -0.4 is 16.6 Å². The predicted molar refractivity (Wildman–Crippen MR) is 71.1 cm³/mol. The Morgan fingerprint density at radius 3 is 2.70 bits per heavy atom. The van der Waals surface area contributed by atoms with Gasteiger partial charge in [-0.25, -0.2) is 8.78 Å². The van der Waals surface area contributed by atoms with Gasteiger partial charge in [-0.2, -0.15) is 0 Å². The molecule has 2 rings (SSSR count). The van der Waals surface area contributed by atoms with Crippen molar-refractivity contribution in [1.82, 2.24) is 4.98 Å². The number of aromatic nitrogens is 1. The molecule has 4 N–H and O–H groups in total. The molecule has 1 aromatic carbocycles. The van der Waals surface area contributed by atoms with E-state index in [0.717, 1.165) is 18.2 Å². The highest BCUT2D eigenvalue weighted by molar-refractivity contribution is 6.07. The number of rotatable bonds is 3. The van der Waals surface area contributed by atoms with Gasteiger partial charge in [0.05, 0.1) is 16.9 Å². The third-order valence-electron chi connectivity index (χ3n) is 2.62. The fraction of sp³-hybridized carbons (Fsp3) is 0.0769. The number of aryl methyl sites for hydroxylation is 1. The molecule has 104 valence electrons. The van der Waals surface area contributed by atoms with Crippen LogP contribution in [0.3, 0.4) is 0 Å². The molecule has 5 nitrogen and oxygen atoms in total. The number of anilines is 2. The molecule has 0 aliphatic heterocycles. The zero-order valence-electron chi connectivity index (χ0n) is 10.6. The van der Waals surface area contributed by atoms with Gasteiger partial charge in [0.2, 0.25) is 0 Å². The van der Waals surface area contributed by atoms with Gasteiger partial charge in [-0.3, -0.25) is 15.6 Å². The van der Waals surface area contributed by atoms with Crippen LogP contribution in [0.4, 0.5) is 20.2 Å².